The predicted octanol–water partition coefficient (Wildman–Crippen LogP) is 2.71. The number of hydrogen-bond acceptors (Lipinski definition) is 2. The normalized spacial score (nSPS) is 20.9. The van der Waals surface area contributed by atoms with Gasteiger partial charge in [-0.25, -0.2) is 4.39 Å². The number of halogens is 1. The molecule has 22 heavy (non-hydrogen) atoms. The first-order valence-electron chi connectivity index (χ1n) is 8.36. The number of carbonyl (C=O) groups excluding carboxylic acids is 1. The van der Waals surface area contributed by atoms with Crippen molar-refractivity contribution in [1.29, 1.82) is 0 Å². The van der Waals surface area contributed by atoms with Gasteiger partial charge in [0.1, 0.15) is 5.82 Å². The van der Waals surface area contributed by atoms with Crippen molar-refractivity contribution in [3.05, 3.63) is 35.6 Å². The van der Waals surface area contributed by atoms with E-state index in [2.05, 4.69) is 5.32 Å². The van der Waals surface area contributed by atoms with Gasteiger partial charge in [0.2, 0.25) is 5.91 Å². The summed E-state index contributed by atoms with van der Waals surface area (Å²) in [5.74, 6) is 0.613. The van der Waals surface area contributed by atoms with E-state index in [1.165, 1.54) is 12.5 Å². The van der Waals surface area contributed by atoms with Crippen molar-refractivity contribution < 1.29 is 9.18 Å². The third-order valence-electron chi connectivity index (χ3n) is 5.25. The van der Waals surface area contributed by atoms with Crippen LogP contribution < -0.4 is 5.32 Å². The summed E-state index contributed by atoms with van der Waals surface area (Å²) in [5.41, 5.74) is 0.0284. The molecule has 1 N–H and O–H groups in total. The van der Waals surface area contributed by atoms with E-state index in [9.17, 15) is 9.18 Å². The standard InChI is InChI=1S/C18H25FN2O/c1-20-11-6-14-7-12-21(13-8-14)17(22)18(9-10-18)15-4-2-3-5-16(15)19/h2-5,14,20H,6-13H2,1H3. The molecule has 0 aromatic heterocycles. The van der Waals surface area contributed by atoms with E-state index in [1.54, 1.807) is 12.1 Å². The van der Waals surface area contributed by atoms with Crippen molar-refractivity contribution in [2.45, 2.75) is 37.5 Å². The molecule has 1 aliphatic carbocycles. The van der Waals surface area contributed by atoms with Crippen LogP contribution in [0.3, 0.4) is 0 Å². The molecule has 4 heteroatoms. The van der Waals surface area contributed by atoms with E-state index >= 15 is 0 Å². The average molecular weight is 304 g/mol. The van der Waals surface area contributed by atoms with Crippen LogP contribution in [0.25, 0.3) is 0 Å². The van der Waals surface area contributed by atoms with E-state index in [0.717, 1.165) is 45.3 Å². The summed E-state index contributed by atoms with van der Waals surface area (Å²) >= 11 is 0. The summed E-state index contributed by atoms with van der Waals surface area (Å²) in [5, 5.41) is 3.19. The molecule has 1 heterocycles. The maximum absolute atomic E-state index is 14.1. The Kier molecular flexibility index (Phi) is 4.48. The Bertz CT molecular complexity index is 534. The smallest absolute Gasteiger partial charge is 0.233 e. The largest absolute Gasteiger partial charge is 0.342 e. The number of piperidine rings is 1. The first-order valence-corrected chi connectivity index (χ1v) is 8.36. The average Bonchev–Trinajstić information content (AvgIpc) is 3.35. The monoisotopic (exact) mass is 304 g/mol. The van der Waals surface area contributed by atoms with Crippen molar-refractivity contribution >= 4 is 5.91 Å². The molecule has 1 saturated heterocycles. The van der Waals surface area contributed by atoms with Crippen molar-refractivity contribution in [1.82, 2.24) is 10.2 Å². The highest BCUT2D eigenvalue weighted by Crippen LogP contribution is 2.50. The minimum Gasteiger partial charge on any atom is -0.342 e. The fourth-order valence-electron chi connectivity index (χ4n) is 3.65. The van der Waals surface area contributed by atoms with Crippen LogP contribution in [-0.4, -0.2) is 37.5 Å². The summed E-state index contributed by atoms with van der Waals surface area (Å²) in [6.07, 6.45) is 4.89. The van der Waals surface area contributed by atoms with Crippen LogP contribution in [0.5, 0.6) is 0 Å². The van der Waals surface area contributed by atoms with Gasteiger partial charge in [0.25, 0.3) is 0 Å². The second-order valence-electron chi connectivity index (χ2n) is 6.69. The maximum Gasteiger partial charge on any atom is 0.233 e. The third-order valence-corrected chi connectivity index (χ3v) is 5.25. The van der Waals surface area contributed by atoms with Crippen LogP contribution in [0, 0.1) is 11.7 Å². The number of hydrogen-bond donors (Lipinski definition) is 1. The lowest BCUT2D eigenvalue weighted by molar-refractivity contribution is -0.135. The van der Waals surface area contributed by atoms with E-state index in [1.807, 2.05) is 18.0 Å². The molecule has 1 aromatic carbocycles. The molecule has 1 saturated carbocycles. The highest BCUT2D eigenvalue weighted by Gasteiger charge is 2.54. The second-order valence-corrected chi connectivity index (χ2v) is 6.69. The molecule has 0 bridgehead atoms. The van der Waals surface area contributed by atoms with Crippen LogP contribution >= 0.6 is 0 Å². The van der Waals surface area contributed by atoms with Gasteiger partial charge in [-0.3, -0.25) is 4.79 Å². The Morgan fingerprint density at radius 1 is 1.32 bits per heavy atom. The van der Waals surface area contributed by atoms with Gasteiger partial charge in [-0.15, -0.1) is 0 Å². The Morgan fingerprint density at radius 2 is 2.00 bits per heavy atom. The Morgan fingerprint density at radius 3 is 2.59 bits per heavy atom. The molecule has 120 valence electrons. The molecular formula is C18H25FN2O. The Hall–Kier alpha value is -1.42. The van der Waals surface area contributed by atoms with E-state index in [0.29, 0.717) is 11.5 Å². The molecule has 1 aliphatic heterocycles. The van der Waals surface area contributed by atoms with Crippen LogP contribution in [0.2, 0.25) is 0 Å². The quantitative estimate of drug-likeness (QED) is 0.907. The lowest BCUT2D eigenvalue weighted by Gasteiger charge is -2.34. The summed E-state index contributed by atoms with van der Waals surface area (Å²) in [4.78, 5) is 14.9. The number of amides is 1. The molecule has 0 radical (unpaired) electrons. The zero-order valence-electron chi connectivity index (χ0n) is 13.3. The number of likely N-dealkylation sites (tertiary alicyclic amines) is 1. The van der Waals surface area contributed by atoms with Crippen LogP contribution in [0.15, 0.2) is 24.3 Å². The van der Waals surface area contributed by atoms with E-state index in [4.69, 9.17) is 0 Å². The van der Waals surface area contributed by atoms with Gasteiger partial charge >= 0.3 is 0 Å². The Labute approximate surface area is 131 Å². The lowest BCUT2D eigenvalue weighted by atomic mass is 9.90. The third kappa shape index (κ3) is 2.89. The van der Waals surface area contributed by atoms with E-state index < -0.39 is 5.41 Å². The predicted molar refractivity (Wildman–Crippen MR) is 85.2 cm³/mol. The maximum atomic E-state index is 14.1. The second kappa shape index (κ2) is 6.37. The molecule has 0 unspecified atom stereocenters. The van der Waals surface area contributed by atoms with Gasteiger partial charge in [0.15, 0.2) is 0 Å². The van der Waals surface area contributed by atoms with Crippen LogP contribution in [-0.2, 0) is 10.2 Å². The summed E-state index contributed by atoms with van der Waals surface area (Å²) in [6.45, 7) is 2.69. The molecule has 0 atom stereocenters. The molecule has 1 amide bonds. The molecule has 1 aromatic rings. The fourth-order valence-corrected chi connectivity index (χ4v) is 3.65. The first-order chi connectivity index (χ1) is 10.7. The van der Waals surface area contributed by atoms with Gasteiger partial charge in [-0.1, -0.05) is 18.2 Å². The minimum absolute atomic E-state index is 0.143. The first kappa shape index (κ1) is 15.5. The van der Waals surface area contributed by atoms with Gasteiger partial charge in [-0.05, 0) is 57.7 Å². The molecular weight excluding hydrogens is 279 g/mol. The molecule has 2 fully saturated rings. The zero-order chi connectivity index (χ0) is 15.6. The van der Waals surface area contributed by atoms with Gasteiger partial charge < -0.3 is 10.2 Å². The number of benzene rings is 1. The number of nitrogens with one attached hydrogen (secondary N) is 1. The molecule has 2 aliphatic rings. The molecule has 3 rings (SSSR count). The zero-order valence-corrected chi connectivity index (χ0v) is 13.3. The van der Waals surface area contributed by atoms with Gasteiger partial charge in [-0.2, -0.15) is 0 Å². The summed E-state index contributed by atoms with van der Waals surface area (Å²) in [6, 6.07) is 6.76. The minimum atomic E-state index is -0.566. The summed E-state index contributed by atoms with van der Waals surface area (Å²) in [7, 11) is 1.98. The number of nitrogens with zero attached hydrogens (tertiary/aromatic N) is 1. The van der Waals surface area contributed by atoms with Crippen molar-refractivity contribution in [3.8, 4) is 0 Å². The van der Waals surface area contributed by atoms with Crippen molar-refractivity contribution in [3.63, 3.8) is 0 Å². The van der Waals surface area contributed by atoms with Crippen LogP contribution in [0.4, 0.5) is 4.39 Å². The highest BCUT2D eigenvalue weighted by atomic mass is 19.1. The summed E-state index contributed by atoms with van der Waals surface area (Å²) < 4.78 is 14.1. The number of rotatable bonds is 5. The van der Waals surface area contributed by atoms with E-state index in [-0.39, 0.29) is 11.7 Å². The number of carbonyl (C=O) groups is 1. The van der Waals surface area contributed by atoms with Crippen molar-refractivity contribution in [2.24, 2.45) is 5.92 Å². The van der Waals surface area contributed by atoms with Crippen LogP contribution in [0.1, 0.15) is 37.7 Å². The SMILES string of the molecule is CNCCC1CCN(C(=O)C2(c3ccccc3F)CC2)CC1. The lowest BCUT2D eigenvalue weighted by Crippen LogP contribution is -2.44. The van der Waals surface area contributed by atoms with Crippen molar-refractivity contribution in [2.75, 3.05) is 26.7 Å². The highest BCUT2D eigenvalue weighted by molar-refractivity contribution is 5.91. The van der Waals surface area contributed by atoms with Gasteiger partial charge in [0.05, 0.1) is 5.41 Å². The molecule has 0 spiro atoms. The fraction of sp³-hybridized carbons (Fsp3) is 0.611. The van der Waals surface area contributed by atoms with Gasteiger partial charge in [0, 0.05) is 18.7 Å². The topological polar surface area (TPSA) is 32.3 Å². The Balaban J connectivity index is 1.64. The molecule has 3 nitrogen and oxygen atoms in total.